The van der Waals surface area contributed by atoms with Gasteiger partial charge in [0.2, 0.25) is 0 Å². The Morgan fingerprint density at radius 1 is 1.20 bits per heavy atom. The van der Waals surface area contributed by atoms with Crippen LogP contribution in [0.25, 0.3) is 28.4 Å². The highest BCUT2D eigenvalue weighted by molar-refractivity contribution is 5.85. The van der Waals surface area contributed by atoms with Crippen molar-refractivity contribution in [2.75, 3.05) is 18.9 Å². The van der Waals surface area contributed by atoms with Gasteiger partial charge in [-0.1, -0.05) is 13.0 Å². The van der Waals surface area contributed by atoms with Gasteiger partial charge in [-0.05, 0) is 18.6 Å². The van der Waals surface area contributed by atoms with Crippen molar-refractivity contribution in [3.05, 3.63) is 43.1 Å². The van der Waals surface area contributed by atoms with Gasteiger partial charge < -0.3 is 25.6 Å². The summed E-state index contributed by atoms with van der Waals surface area (Å²) in [6.45, 7) is 2.69. The van der Waals surface area contributed by atoms with E-state index in [1.165, 1.54) is 17.9 Å². The fourth-order valence-electron chi connectivity index (χ4n) is 3.90. The lowest BCUT2D eigenvalue weighted by molar-refractivity contribution is -0.137. The average Bonchev–Trinajstić information content (AvgIpc) is 3.61. The first-order valence-electron chi connectivity index (χ1n) is 11.2. The second-order valence-corrected chi connectivity index (χ2v) is 8.05. The minimum atomic E-state index is -1.41. The van der Waals surface area contributed by atoms with Gasteiger partial charge in [0.05, 0.1) is 18.1 Å². The fourth-order valence-corrected chi connectivity index (χ4v) is 3.90. The summed E-state index contributed by atoms with van der Waals surface area (Å²) in [7, 11) is 1.43. The topological polar surface area (TPSA) is 165 Å². The summed E-state index contributed by atoms with van der Waals surface area (Å²) in [6.07, 6.45) is 2.31. The molecule has 13 heteroatoms. The van der Waals surface area contributed by atoms with E-state index in [0.717, 1.165) is 6.42 Å². The molecule has 4 aromatic heterocycles. The number of carbonyl (C=O) groups is 1. The molecule has 13 nitrogen and oxygen atoms in total. The highest BCUT2D eigenvalue weighted by atomic mass is 16.6. The molecule has 0 aromatic carbocycles. The number of nitrogens with zero attached hydrogens (tertiary/aromatic N) is 7. The molecular formula is C22H25N9O4. The molecular weight excluding hydrogens is 454 g/mol. The third-order valence-electron chi connectivity index (χ3n) is 5.71. The lowest BCUT2D eigenvalue weighted by atomic mass is 10.1. The Hall–Kier alpha value is -3.94. The van der Waals surface area contributed by atoms with E-state index in [0.29, 0.717) is 40.7 Å². The van der Waals surface area contributed by atoms with Gasteiger partial charge in [-0.25, -0.2) is 24.6 Å². The van der Waals surface area contributed by atoms with Crippen LogP contribution in [0, 0.1) is 0 Å². The van der Waals surface area contributed by atoms with Crippen LogP contribution in [-0.2, 0) is 9.53 Å². The van der Waals surface area contributed by atoms with E-state index < -0.39 is 30.4 Å². The molecule has 1 saturated heterocycles. The van der Waals surface area contributed by atoms with E-state index >= 15 is 0 Å². The molecule has 1 aliphatic heterocycles. The molecule has 4 N–H and O–H groups in total. The van der Waals surface area contributed by atoms with Crippen LogP contribution in [-0.4, -0.2) is 82.3 Å². The maximum absolute atomic E-state index is 12.1. The quantitative estimate of drug-likeness (QED) is 0.289. The second-order valence-electron chi connectivity index (χ2n) is 8.05. The number of fused-ring (bicyclic) bond motifs is 1. The smallest absolute Gasteiger partial charge is 0.251 e. The molecule has 4 aromatic rings. The number of aromatic nitrogens is 7. The zero-order valence-corrected chi connectivity index (χ0v) is 19.1. The zero-order chi connectivity index (χ0) is 24.5. The zero-order valence-electron chi connectivity index (χ0n) is 19.1. The third-order valence-corrected chi connectivity index (χ3v) is 5.71. The third kappa shape index (κ3) is 4.09. The number of ether oxygens (including phenoxy) is 1. The predicted octanol–water partition coefficient (Wildman–Crippen LogP) is 0.261. The number of amides is 1. The van der Waals surface area contributed by atoms with E-state index in [2.05, 4.69) is 35.7 Å². The van der Waals surface area contributed by atoms with Gasteiger partial charge in [-0.15, -0.1) is 0 Å². The van der Waals surface area contributed by atoms with Gasteiger partial charge in [0.15, 0.2) is 41.0 Å². The molecule has 35 heavy (non-hydrogen) atoms. The largest absolute Gasteiger partial charge is 0.387 e. The van der Waals surface area contributed by atoms with Crippen LogP contribution in [0.2, 0.25) is 0 Å². The van der Waals surface area contributed by atoms with Gasteiger partial charge in [-0.3, -0.25) is 9.36 Å². The van der Waals surface area contributed by atoms with Crippen LogP contribution < -0.4 is 10.6 Å². The minimum Gasteiger partial charge on any atom is -0.387 e. The van der Waals surface area contributed by atoms with Crippen molar-refractivity contribution in [2.45, 2.75) is 37.9 Å². The lowest BCUT2D eigenvalue weighted by Gasteiger charge is -2.17. The van der Waals surface area contributed by atoms with Gasteiger partial charge >= 0.3 is 0 Å². The number of rotatable bonds is 7. The Kier molecular flexibility index (Phi) is 6.11. The van der Waals surface area contributed by atoms with Gasteiger partial charge in [-0.2, -0.15) is 5.10 Å². The Balaban J connectivity index is 1.58. The number of imidazole rings is 1. The van der Waals surface area contributed by atoms with Crippen molar-refractivity contribution in [3.8, 4) is 17.2 Å². The molecule has 0 unspecified atom stereocenters. The maximum Gasteiger partial charge on any atom is 0.251 e. The van der Waals surface area contributed by atoms with Crippen molar-refractivity contribution >= 4 is 22.9 Å². The minimum absolute atomic E-state index is 0.369. The van der Waals surface area contributed by atoms with Crippen molar-refractivity contribution in [1.29, 1.82) is 0 Å². The number of aliphatic hydroxyl groups excluding tert-OH is 2. The summed E-state index contributed by atoms with van der Waals surface area (Å²) in [5.41, 5.74) is 1.47. The number of likely N-dealkylation sites (N-methyl/N-ethyl adjacent to an activating group) is 1. The first kappa shape index (κ1) is 22.8. The number of hydrogen-bond acceptors (Lipinski definition) is 10. The fraction of sp³-hybridized carbons (Fsp3) is 0.364. The van der Waals surface area contributed by atoms with Crippen molar-refractivity contribution < 1.29 is 19.7 Å². The average molecular weight is 480 g/mol. The second kappa shape index (κ2) is 9.37. The molecule has 0 saturated carbocycles. The van der Waals surface area contributed by atoms with E-state index in [1.54, 1.807) is 23.3 Å². The van der Waals surface area contributed by atoms with Gasteiger partial charge in [0, 0.05) is 26.0 Å². The molecule has 1 fully saturated rings. The molecule has 4 atom stereocenters. The highest BCUT2D eigenvalue weighted by Gasteiger charge is 2.47. The Morgan fingerprint density at radius 3 is 2.80 bits per heavy atom. The summed E-state index contributed by atoms with van der Waals surface area (Å²) in [4.78, 5) is 30.2. The molecule has 0 bridgehead atoms. The first-order chi connectivity index (χ1) is 17.0. The van der Waals surface area contributed by atoms with Crippen LogP contribution >= 0.6 is 0 Å². The van der Waals surface area contributed by atoms with Crippen LogP contribution in [0.5, 0.6) is 0 Å². The van der Waals surface area contributed by atoms with Gasteiger partial charge in [0.25, 0.3) is 5.91 Å². The monoisotopic (exact) mass is 479 g/mol. The van der Waals surface area contributed by atoms with Crippen LogP contribution in [0.4, 0.5) is 5.82 Å². The Bertz CT molecular complexity index is 1340. The number of carbonyl (C=O) groups excluding carboxylic acids is 1. The summed E-state index contributed by atoms with van der Waals surface area (Å²) in [5, 5.41) is 31.1. The molecule has 0 aliphatic carbocycles. The summed E-state index contributed by atoms with van der Waals surface area (Å²) in [5.74, 6) is 0.986. The standard InChI is InChI=1S/C22H25N9O4/c1-3-7-25-19-14-20(30(11-26-14)22-16(33)15(32)17(35-22)21(34)23-2)29-18(28-19)12-9-27-31(10-12)13-6-4-5-8-24-13/h4-6,8-11,15-17,22,32-33H,3,7H2,1-2H3,(H,23,34)(H,25,28,29)/t15-,16+,17-,22+/m0/s1. The predicted molar refractivity (Wildman–Crippen MR) is 124 cm³/mol. The van der Waals surface area contributed by atoms with Gasteiger partial charge in [0.1, 0.15) is 12.2 Å². The molecule has 5 heterocycles. The van der Waals surface area contributed by atoms with Crippen molar-refractivity contribution in [2.24, 2.45) is 0 Å². The van der Waals surface area contributed by atoms with Crippen molar-refractivity contribution in [3.63, 3.8) is 0 Å². The Morgan fingerprint density at radius 2 is 2.06 bits per heavy atom. The summed E-state index contributed by atoms with van der Waals surface area (Å²) in [6, 6.07) is 5.52. The molecule has 5 rings (SSSR count). The van der Waals surface area contributed by atoms with E-state index in [4.69, 9.17) is 4.74 Å². The van der Waals surface area contributed by atoms with Crippen LogP contribution in [0.3, 0.4) is 0 Å². The lowest BCUT2D eigenvalue weighted by Crippen LogP contribution is -2.41. The molecule has 0 radical (unpaired) electrons. The van der Waals surface area contributed by atoms with E-state index in [-0.39, 0.29) is 0 Å². The number of hydrogen-bond donors (Lipinski definition) is 4. The van der Waals surface area contributed by atoms with Crippen LogP contribution in [0.1, 0.15) is 19.6 Å². The number of nitrogens with one attached hydrogen (secondary N) is 2. The van der Waals surface area contributed by atoms with E-state index in [1.807, 2.05) is 25.1 Å². The molecule has 1 amide bonds. The number of anilines is 1. The van der Waals surface area contributed by atoms with Crippen molar-refractivity contribution in [1.82, 2.24) is 39.6 Å². The van der Waals surface area contributed by atoms with Crippen LogP contribution in [0.15, 0.2) is 43.1 Å². The van der Waals surface area contributed by atoms with E-state index in [9.17, 15) is 15.0 Å². The Labute approximate surface area is 199 Å². The molecule has 0 spiro atoms. The molecule has 1 aliphatic rings. The maximum atomic E-state index is 12.1. The highest BCUT2D eigenvalue weighted by Crippen LogP contribution is 2.33. The molecule has 182 valence electrons. The normalized spacial score (nSPS) is 21.9. The summed E-state index contributed by atoms with van der Waals surface area (Å²) >= 11 is 0. The summed E-state index contributed by atoms with van der Waals surface area (Å²) < 4.78 is 8.84. The SMILES string of the molecule is CCCNc1nc(-c2cnn(-c3ccccn3)c2)nc2c1ncn2[C@@H]1O[C@H](C(=O)NC)[C@@H](O)[C@H]1O. The number of aliphatic hydroxyl groups is 2. The number of pyridine rings is 1. The first-order valence-corrected chi connectivity index (χ1v) is 11.2.